The maximum Gasteiger partial charge on any atom is 0.187 e. The maximum absolute atomic E-state index is 11.8. The summed E-state index contributed by atoms with van der Waals surface area (Å²) < 4.78 is 68.7. The Morgan fingerprint density at radius 3 is 1.72 bits per heavy atom. The van der Waals surface area contributed by atoms with Gasteiger partial charge in [-0.3, -0.25) is 0 Å². The fourth-order valence-electron chi connectivity index (χ4n) is 4.73. The standard InChI is InChI=1S/C12H23O5P.C12H21O5P/c2*1-12(2)16-9-8(6-7-18(4,5)13)15-11(14-3)10(9)17-12/h8-11H,6-7H2,1-5H3;6-11H,1-5H3/b;7-6+/t2*8-,9-,10-,11-/m11/s1. The summed E-state index contributed by atoms with van der Waals surface area (Å²) in [4.78, 5) is 0. The van der Waals surface area contributed by atoms with Gasteiger partial charge in [-0.2, -0.15) is 0 Å². The zero-order valence-electron chi connectivity index (χ0n) is 23.2. The average Bonchev–Trinajstić information content (AvgIpc) is 3.40. The lowest BCUT2D eigenvalue weighted by Gasteiger charge is -2.23. The SMILES string of the molecule is CO[C@@H]1O[C@H](/C=C/P(C)(C)=O)[C@H]2OC(C)(C)O[C@@H]12.CO[C@@H]1O[C@H](CCP(C)(C)=O)[C@H]2OC(C)(C)O[C@@H]12. The van der Waals surface area contributed by atoms with Gasteiger partial charge in [-0.15, -0.1) is 0 Å². The van der Waals surface area contributed by atoms with Crippen molar-refractivity contribution in [1.82, 2.24) is 0 Å². The molecule has 0 saturated carbocycles. The molecular weight excluding hydrogens is 510 g/mol. The van der Waals surface area contributed by atoms with Crippen molar-refractivity contribution in [3.63, 3.8) is 0 Å². The van der Waals surface area contributed by atoms with Crippen molar-refractivity contribution in [2.45, 2.75) is 94.9 Å². The zero-order chi connectivity index (χ0) is 27.1. The maximum atomic E-state index is 11.8. The predicted molar refractivity (Wildman–Crippen MR) is 137 cm³/mol. The molecule has 4 aliphatic heterocycles. The lowest BCUT2D eigenvalue weighted by atomic mass is 10.1. The highest BCUT2D eigenvalue weighted by molar-refractivity contribution is 7.65. The molecule has 36 heavy (non-hydrogen) atoms. The predicted octanol–water partition coefficient (Wildman–Crippen LogP) is 3.90. The van der Waals surface area contributed by atoms with Crippen LogP contribution in [0, 0.1) is 0 Å². The Kier molecular flexibility index (Phi) is 9.44. The monoisotopic (exact) mass is 554 g/mol. The summed E-state index contributed by atoms with van der Waals surface area (Å²) in [5, 5.41) is 0. The van der Waals surface area contributed by atoms with E-state index in [4.69, 9.17) is 37.9 Å². The number of hydrogen-bond acceptors (Lipinski definition) is 10. The molecule has 4 rings (SSSR count). The number of rotatable bonds is 7. The van der Waals surface area contributed by atoms with Gasteiger partial charge in [-0.25, -0.2) is 0 Å². The molecule has 0 N–H and O–H groups in total. The lowest BCUT2D eigenvalue weighted by molar-refractivity contribution is -0.227. The highest BCUT2D eigenvalue weighted by Gasteiger charge is 2.56. The quantitative estimate of drug-likeness (QED) is 0.430. The van der Waals surface area contributed by atoms with Gasteiger partial charge in [-0.05, 0) is 72.7 Å². The molecule has 4 heterocycles. The molecule has 0 amide bonds. The topological polar surface area (TPSA) is 108 Å². The van der Waals surface area contributed by atoms with Gasteiger partial charge in [0.25, 0.3) is 0 Å². The molecule has 0 aromatic rings. The van der Waals surface area contributed by atoms with Gasteiger partial charge in [0, 0.05) is 20.4 Å². The van der Waals surface area contributed by atoms with E-state index in [0.717, 1.165) is 0 Å². The van der Waals surface area contributed by atoms with E-state index in [1.165, 1.54) is 0 Å². The van der Waals surface area contributed by atoms with Crippen molar-refractivity contribution >= 4 is 14.3 Å². The summed E-state index contributed by atoms with van der Waals surface area (Å²) in [6.45, 7) is 14.5. The van der Waals surface area contributed by atoms with Crippen LogP contribution in [0.4, 0.5) is 0 Å². The summed E-state index contributed by atoms with van der Waals surface area (Å²) in [6.07, 6.45) is 1.16. The fraction of sp³-hybridized carbons (Fsp3) is 0.917. The Morgan fingerprint density at radius 2 is 1.22 bits per heavy atom. The summed E-state index contributed by atoms with van der Waals surface area (Å²) in [5.41, 5.74) is 0. The van der Waals surface area contributed by atoms with E-state index in [9.17, 15) is 9.13 Å². The first-order chi connectivity index (χ1) is 16.4. The minimum atomic E-state index is -2.21. The van der Waals surface area contributed by atoms with Crippen molar-refractivity contribution in [2.24, 2.45) is 0 Å². The van der Waals surface area contributed by atoms with Gasteiger partial charge in [-0.1, -0.05) is 0 Å². The van der Waals surface area contributed by atoms with Gasteiger partial charge in [0.15, 0.2) is 24.2 Å². The van der Waals surface area contributed by atoms with E-state index in [0.29, 0.717) is 12.6 Å². The molecule has 0 radical (unpaired) electrons. The molecule has 12 heteroatoms. The van der Waals surface area contributed by atoms with Crippen molar-refractivity contribution in [3.05, 3.63) is 11.9 Å². The van der Waals surface area contributed by atoms with Crippen LogP contribution < -0.4 is 0 Å². The molecule has 4 saturated heterocycles. The van der Waals surface area contributed by atoms with Crippen LogP contribution in [-0.4, -0.2) is 108 Å². The van der Waals surface area contributed by atoms with Crippen LogP contribution in [0.3, 0.4) is 0 Å². The molecule has 8 atom stereocenters. The summed E-state index contributed by atoms with van der Waals surface area (Å²) in [7, 11) is -1.07. The number of ether oxygens (including phenoxy) is 8. The Hall–Kier alpha value is -0.120. The normalized spacial score (nSPS) is 39.2. The molecule has 0 bridgehead atoms. The summed E-state index contributed by atoms with van der Waals surface area (Å²) in [6, 6.07) is 0. The molecule has 0 aromatic carbocycles. The van der Waals surface area contributed by atoms with Crippen LogP contribution in [0.15, 0.2) is 11.9 Å². The van der Waals surface area contributed by atoms with Crippen LogP contribution in [0.5, 0.6) is 0 Å². The molecule has 0 spiro atoms. The second-order valence-electron chi connectivity index (χ2n) is 11.5. The molecule has 0 aliphatic carbocycles. The first-order valence-corrected chi connectivity index (χ1v) is 17.8. The summed E-state index contributed by atoms with van der Waals surface area (Å²) >= 11 is 0. The highest BCUT2D eigenvalue weighted by atomic mass is 31.2. The lowest BCUT2D eigenvalue weighted by Crippen LogP contribution is -2.30. The molecule has 210 valence electrons. The second kappa shape index (κ2) is 11.2. The van der Waals surface area contributed by atoms with Crippen molar-refractivity contribution in [2.75, 3.05) is 47.0 Å². The summed E-state index contributed by atoms with van der Waals surface area (Å²) in [5.74, 6) is 0.460. The molecule has 0 unspecified atom stereocenters. The smallest absolute Gasteiger partial charge is 0.187 e. The number of methoxy groups -OCH3 is 2. The minimum absolute atomic E-state index is 0.102. The molecule has 0 aromatic heterocycles. The second-order valence-corrected chi connectivity index (χ2v) is 18.2. The fourth-order valence-corrected chi connectivity index (χ4v) is 6.19. The molecule has 10 nitrogen and oxygen atoms in total. The van der Waals surface area contributed by atoms with E-state index >= 15 is 0 Å². The van der Waals surface area contributed by atoms with E-state index < -0.39 is 38.4 Å². The molecular formula is C24H44O10P2. The van der Waals surface area contributed by atoms with E-state index in [1.54, 1.807) is 52.8 Å². The van der Waals surface area contributed by atoms with E-state index in [1.807, 2.05) is 27.7 Å². The van der Waals surface area contributed by atoms with Crippen molar-refractivity contribution in [1.29, 1.82) is 0 Å². The first-order valence-electron chi connectivity index (χ1n) is 12.3. The van der Waals surface area contributed by atoms with Crippen LogP contribution in [0.25, 0.3) is 0 Å². The van der Waals surface area contributed by atoms with Crippen LogP contribution in [0.2, 0.25) is 0 Å². The average molecular weight is 555 g/mol. The Labute approximate surface area is 215 Å². The number of hydrogen-bond donors (Lipinski definition) is 0. The highest BCUT2D eigenvalue weighted by Crippen LogP contribution is 2.44. The van der Waals surface area contributed by atoms with Crippen LogP contribution >= 0.6 is 14.3 Å². The number of fused-ring (bicyclic) bond motifs is 2. The van der Waals surface area contributed by atoms with Gasteiger partial charge in [0.1, 0.15) is 37.7 Å². The minimum Gasteiger partial charge on any atom is -0.353 e. The Bertz CT molecular complexity index is 878. The van der Waals surface area contributed by atoms with E-state index in [-0.39, 0.29) is 36.6 Å². The Balaban J connectivity index is 0.000000201. The van der Waals surface area contributed by atoms with Crippen molar-refractivity contribution in [3.8, 4) is 0 Å². The third-order valence-electron chi connectivity index (χ3n) is 6.21. The molecule has 4 fully saturated rings. The first kappa shape index (κ1) is 30.4. The van der Waals surface area contributed by atoms with Gasteiger partial charge in [0.2, 0.25) is 0 Å². The largest absolute Gasteiger partial charge is 0.353 e. The third kappa shape index (κ3) is 7.95. The zero-order valence-corrected chi connectivity index (χ0v) is 25.0. The Morgan fingerprint density at radius 1 is 0.750 bits per heavy atom. The van der Waals surface area contributed by atoms with Gasteiger partial charge in [0.05, 0.1) is 13.2 Å². The van der Waals surface area contributed by atoms with Gasteiger partial charge < -0.3 is 47.0 Å². The van der Waals surface area contributed by atoms with Crippen LogP contribution in [0.1, 0.15) is 34.1 Å². The van der Waals surface area contributed by atoms with E-state index in [2.05, 4.69) is 0 Å². The van der Waals surface area contributed by atoms with Crippen molar-refractivity contribution < 1.29 is 47.0 Å². The third-order valence-corrected chi connectivity index (χ3v) is 8.43. The van der Waals surface area contributed by atoms with Gasteiger partial charge >= 0.3 is 0 Å². The van der Waals surface area contributed by atoms with Crippen LogP contribution in [-0.2, 0) is 47.0 Å². The molecule has 4 aliphatic rings.